The molecule has 0 N–H and O–H groups in total. The summed E-state index contributed by atoms with van der Waals surface area (Å²) in [4.78, 5) is 14.8. The predicted molar refractivity (Wildman–Crippen MR) is 237 cm³/mol. The van der Waals surface area contributed by atoms with E-state index in [2.05, 4.69) is 82.6 Å². The summed E-state index contributed by atoms with van der Waals surface area (Å²) in [5.74, 6) is 4.29. The molecule has 60 heavy (non-hydrogen) atoms. The highest BCUT2D eigenvalue weighted by Gasteiger charge is 2.31. The van der Waals surface area contributed by atoms with Gasteiger partial charge in [-0.15, -0.1) is 0 Å². The number of nitrogens with zero attached hydrogens (tertiary/aromatic N) is 4. The summed E-state index contributed by atoms with van der Waals surface area (Å²) in [5.41, 5.74) is 10.7. The first-order valence-electron chi connectivity index (χ1n) is 20.1. The van der Waals surface area contributed by atoms with E-state index in [0.717, 1.165) is 125 Å². The van der Waals surface area contributed by atoms with Crippen LogP contribution < -0.4 is 19.3 Å². The van der Waals surface area contributed by atoms with Gasteiger partial charge in [0.15, 0.2) is 28.4 Å². The summed E-state index contributed by atoms with van der Waals surface area (Å²) >= 11 is 0. The number of anilines is 5. The van der Waals surface area contributed by atoms with E-state index in [-0.39, 0.29) is 0 Å². The van der Waals surface area contributed by atoms with E-state index < -0.39 is 0 Å². The van der Waals surface area contributed by atoms with Gasteiger partial charge in [-0.3, -0.25) is 0 Å². The molecule has 0 saturated heterocycles. The van der Waals surface area contributed by atoms with Gasteiger partial charge in [0.2, 0.25) is 11.8 Å². The molecule has 284 valence electrons. The van der Waals surface area contributed by atoms with Crippen LogP contribution in [0.3, 0.4) is 0 Å². The molecule has 0 spiro atoms. The Hall–Kier alpha value is -8.10. The minimum atomic E-state index is 0.540. The molecule has 0 amide bonds. The largest absolute Gasteiger partial charge is 0.453 e. The number of fused-ring (bicyclic) bond motifs is 8. The van der Waals surface area contributed by atoms with E-state index >= 15 is 0 Å². The van der Waals surface area contributed by atoms with Gasteiger partial charge in [0.05, 0.1) is 22.8 Å². The molecule has 2 aromatic heterocycles. The van der Waals surface area contributed by atoms with Crippen molar-refractivity contribution in [3.05, 3.63) is 181 Å². The Bertz CT molecular complexity index is 3380. The summed E-state index contributed by atoms with van der Waals surface area (Å²) in [6, 6.07) is 53.7. The molecule has 13 rings (SSSR count). The molecule has 2 aliphatic heterocycles. The zero-order valence-electron chi connectivity index (χ0n) is 32.0. The smallest absolute Gasteiger partial charge is 0.228 e. The maximum atomic E-state index is 6.59. The van der Waals surface area contributed by atoms with Crippen LogP contribution in [-0.4, -0.2) is 9.97 Å². The Morgan fingerprint density at radius 1 is 0.450 bits per heavy atom. The minimum Gasteiger partial charge on any atom is -0.453 e. The molecule has 8 nitrogen and oxygen atoms in total. The van der Waals surface area contributed by atoms with Crippen molar-refractivity contribution in [1.29, 1.82) is 0 Å². The van der Waals surface area contributed by atoms with Gasteiger partial charge < -0.3 is 28.1 Å². The second kappa shape index (κ2) is 12.7. The van der Waals surface area contributed by atoms with Crippen LogP contribution in [-0.2, 0) is 0 Å². The van der Waals surface area contributed by atoms with Gasteiger partial charge in [-0.2, -0.15) is 0 Å². The molecular formula is C52H32N4O4. The Labute approximate surface area is 343 Å². The fourth-order valence-corrected chi connectivity index (χ4v) is 9.05. The molecule has 8 aromatic carbocycles. The van der Waals surface area contributed by atoms with Gasteiger partial charge >= 0.3 is 0 Å². The Balaban J connectivity index is 1.15. The van der Waals surface area contributed by atoms with Gasteiger partial charge in [0.1, 0.15) is 16.8 Å². The van der Waals surface area contributed by atoms with Crippen LogP contribution in [0.25, 0.3) is 66.7 Å². The van der Waals surface area contributed by atoms with E-state index in [1.807, 2.05) is 97.1 Å². The molecule has 3 aliphatic rings. The lowest BCUT2D eigenvalue weighted by atomic mass is 9.93. The van der Waals surface area contributed by atoms with E-state index in [0.29, 0.717) is 11.8 Å². The highest BCUT2D eigenvalue weighted by molar-refractivity contribution is 6.17. The van der Waals surface area contributed by atoms with Crippen LogP contribution in [0.5, 0.6) is 17.2 Å². The molecule has 0 saturated carbocycles. The molecule has 1 aliphatic carbocycles. The molecule has 0 fully saturated rings. The standard InChI is InChI=1S/C52H32N4O4/c1-7-19-45-39(13-1)53-51(59-45)37-29-31(55-41-15-3-9-21-47(41)57-48-22-10-4-16-42(48)55)27-35-33(37)25-26-34-36(35)28-32(30-38(34)52-54-40-14-2-8-20-46(40)60-52)56-43-17-5-11-23-49(43)58-50-24-12-6-18-44(50)56/h1-5,7-17,19-30H,6,18H2. The Morgan fingerprint density at radius 2 is 0.933 bits per heavy atom. The van der Waals surface area contributed by atoms with Crippen LogP contribution in [0.2, 0.25) is 0 Å². The number of ether oxygens (including phenoxy) is 2. The molecule has 0 unspecified atom stereocenters. The first-order valence-corrected chi connectivity index (χ1v) is 20.1. The number of oxazole rings is 2. The summed E-state index contributed by atoms with van der Waals surface area (Å²) in [5, 5.41) is 4.03. The van der Waals surface area contributed by atoms with Crippen LogP contribution in [0.4, 0.5) is 28.4 Å². The number of allylic oxidation sites excluding steroid dienone is 3. The topological polar surface area (TPSA) is 77.0 Å². The fraction of sp³-hybridized carbons (Fsp3) is 0.0385. The SMILES string of the molecule is C1=CC2=C(CC1)N(c1cc(-c3nc4ccccc4o3)c3ccc4c(-c5nc6ccccc6o5)cc(N5c6ccccc6Oc6ccccc65)cc4c3c1)c1ccccc1O2. The summed E-state index contributed by atoms with van der Waals surface area (Å²) < 4.78 is 26.2. The quantitative estimate of drug-likeness (QED) is 0.164. The van der Waals surface area contributed by atoms with Crippen molar-refractivity contribution < 1.29 is 18.3 Å². The second-order valence-electron chi connectivity index (χ2n) is 15.2. The van der Waals surface area contributed by atoms with Gasteiger partial charge in [-0.05, 0) is 125 Å². The van der Waals surface area contributed by atoms with Crippen molar-refractivity contribution >= 4 is 72.2 Å². The van der Waals surface area contributed by atoms with Crippen molar-refractivity contribution in [1.82, 2.24) is 9.97 Å². The van der Waals surface area contributed by atoms with E-state index in [1.165, 1.54) is 0 Å². The number of para-hydroxylation sites is 10. The van der Waals surface area contributed by atoms with Crippen molar-refractivity contribution in [2.45, 2.75) is 12.8 Å². The van der Waals surface area contributed by atoms with Crippen LogP contribution >= 0.6 is 0 Å². The van der Waals surface area contributed by atoms with Crippen molar-refractivity contribution in [2.24, 2.45) is 0 Å². The molecule has 0 atom stereocenters. The monoisotopic (exact) mass is 776 g/mol. The highest BCUT2D eigenvalue weighted by atomic mass is 16.5. The number of hydrogen-bond donors (Lipinski definition) is 0. The zero-order chi connectivity index (χ0) is 39.3. The lowest BCUT2D eigenvalue weighted by Gasteiger charge is -2.36. The normalized spacial score (nSPS) is 14.3. The third-order valence-corrected chi connectivity index (χ3v) is 11.7. The number of aromatic nitrogens is 2. The Kier molecular flexibility index (Phi) is 6.97. The van der Waals surface area contributed by atoms with Gasteiger partial charge in [-0.1, -0.05) is 78.9 Å². The van der Waals surface area contributed by atoms with E-state index in [1.54, 1.807) is 0 Å². The maximum Gasteiger partial charge on any atom is 0.228 e. The molecule has 0 radical (unpaired) electrons. The molecule has 10 aromatic rings. The molecule has 8 heteroatoms. The average Bonchev–Trinajstić information content (AvgIpc) is 3.94. The molecule has 0 bridgehead atoms. The van der Waals surface area contributed by atoms with Crippen LogP contribution in [0.15, 0.2) is 190 Å². The third kappa shape index (κ3) is 4.97. The van der Waals surface area contributed by atoms with E-state index in [9.17, 15) is 0 Å². The minimum absolute atomic E-state index is 0.540. The second-order valence-corrected chi connectivity index (χ2v) is 15.2. The van der Waals surface area contributed by atoms with Crippen LogP contribution in [0, 0.1) is 0 Å². The van der Waals surface area contributed by atoms with Crippen molar-refractivity contribution in [2.75, 3.05) is 9.80 Å². The van der Waals surface area contributed by atoms with Crippen LogP contribution in [0.1, 0.15) is 12.8 Å². The first-order chi connectivity index (χ1) is 29.7. The number of benzene rings is 8. The Morgan fingerprint density at radius 3 is 1.50 bits per heavy atom. The average molecular weight is 777 g/mol. The first kappa shape index (κ1) is 32.9. The highest BCUT2D eigenvalue weighted by Crippen LogP contribution is 2.53. The molecule has 4 heterocycles. The number of hydrogen-bond acceptors (Lipinski definition) is 8. The molecular weight excluding hydrogens is 745 g/mol. The van der Waals surface area contributed by atoms with Gasteiger partial charge in [-0.25, -0.2) is 9.97 Å². The zero-order valence-corrected chi connectivity index (χ0v) is 32.0. The predicted octanol–water partition coefficient (Wildman–Crippen LogP) is 14.3. The lowest BCUT2D eigenvalue weighted by molar-refractivity contribution is 0.421. The van der Waals surface area contributed by atoms with Gasteiger partial charge in [0, 0.05) is 22.5 Å². The lowest BCUT2D eigenvalue weighted by Crippen LogP contribution is -2.25. The van der Waals surface area contributed by atoms with Crippen molar-refractivity contribution in [3.63, 3.8) is 0 Å². The maximum absolute atomic E-state index is 6.59. The summed E-state index contributed by atoms with van der Waals surface area (Å²) in [6.07, 6.45) is 6.01. The summed E-state index contributed by atoms with van der Waals surface area (Å²) in [7, 11) is 0. The fourth-order valence-electron chi connectivity index (χ4n) is 9.05. The summed E-state index contributed by atoms with van der Waals surface area (Å²) in [6.45, 7) is 0. The van der Waals surface area contributed by atoms with Crippen molar-refractivity contribution in [3.8, 4) is 40.2 Å². The van der Waals surface area contributed by atoms with Gasteiger partial charge in [0.25, 0.3) is 0 Å². The van der Waals surface area contributed by atoms with E-state index in [4.69, 9.17) is 28.3 Å². The number of rotatable bonds is 4. The third-order valence-electron chi connectivity index (χ3n) is 11.7.